The van der Waals surface area contributed by atoms with Crippen molar-refractivity contribution in [3.05, 3.63) is 71.8 Å². The summed E-state index contributed by atoms with van der Waals surface area (Å²) in [7, 11) is 0. The first-order valence-electron chi connectivity index (χ1n) is 8.30. The molecule has 0 radical (unpaired) electrons. The molecule has 1 aliphatic rings. The molecule has 1 heterocycles. The molecule has 0 aromatic heterocycles. The number of hydrogen-bond acceptors (Lipinski definition) is 2. The van der Waals surface area contributed by atoms with Crippen molar-refractivity contribution in [1.29, 1.82) is 0 Å². The fourth-order valence-corrected chi connectivity index (χ4v) is 3.10. The Morgan fingerprint density at radius 3 is 2.17 bits per heavy atom. The van der Waals surface area contributed by atoms with E-state index in [2.05, 4.69) is 5.32 Å². The van der Waals surface area contributed by atoms with E-state index >= 15 is 0 Å². The lowest BCUT2D eigenvalue weighted by Gasteiger charge is -2.18. The van der Waals surface area contributed by atoms with Gasteiger partial charge in [-0.05, 0) is 29.9 Å². The summed E-state index contributed by atoms with van der Waals surface area (Å²) < 4.78 is 5.39. The van der Waals surface area contributed by atoms with Gasteiger partial charge in [-0.1, -0.05) is 60.7 Å². The molecular formula is C20H23NO2. The first-order valence-corrected chi connectivity index (χ1v) is 8.30. The highest BCUT2D eigenvalue weighted by molar-refractivity contribution is 5.87. The maximum absolute atomic E-state index is 12.8. The molecule has 23 heavy (non-hydrogen) atoms. The third-order valence-corrected chi connectivity index (χ3v) is 4.40. The third kappa shape index (κ3) is 4.20. The van der Waals surface area contributed by atoms with Crippen LogP contribution in [-0.2, 0) is 9.53 Å². The Bertz CT molecular complexity index is 567. The van der Waals surface area contributed by atoms with Gasteiger partial charge in [-0.2, -0.15) is 0 Å². The zero-order valence-electron chi connectivity index (χ0n) is 13.3. The van der Waals surface area contributed by atoms with Crippen LogP contribution < -0.4 is 5.32 Å². The molecule has 120 valence electrons. The molecule has 1 N–H and O–H groups in total. The quantitative estimate of drug-likeness (QED) is 0.888. The second kappa shape index (κ2) is 7.93. The van der Waals surface area contributed by atoms with Crippen LogP contribution in [0.3, 0.4) is 0 Å². The van der Waals surface area contributed by atoms with Gasteiger partial charge in [0.15, 0.2) is 0 Å². The monoisotopic (exact) mass is 309 g/mol. The van der Waals surface area contributed by atoms with Gasteiger partial charge in [0.05, 0.1) is 5.92 Å². The Labute approximate surface area is 137 Å². The summed E-state index contributed by atoms with van der Waals surface area (Å²) >= 11 is 0. The van der Waals surface area contributed by atoms with E-state index in [0.717, 1.165) is 37.2 Å². The summed E-state index contributed by atoms with van der Waals surface area (Å²) in [6.45, 7) is 2.40. The van der Waals surface area contributed by atoms with Gasteiger partial charge in [-0.25, -0.2) is 0 Å². The van der Waals surface area contributed by atoms with E-state index in [-0.39, 0.29) is 11.8 Å². The van der Waals surface area contributed by atoms with Crippen LogP contribution in [-0.4, -0.2) is 25.7 Å². The summed E-state index contributed by atoms with van der Waals surface area (Å²) in [5, 5.41) is 3.11. The van der Waals surface area contributed by atoms with Gasteiger partial charge in [-0.15, -0.1) is 0 Å². The highest BCUT2D eigenvalue weighted by Gasteiger charge is 2.23. The van der Waals surface area contributed by atoms with Crippen LogP contribution in [0.15, 0.2) is 60.7 Å². The van der Waals surface area contributed by atoms with Gasteiger partial charge >= 0.3 is 0 Å². The van der Waals surface area contributed by atoms with E-state index in [9.17, 15) is 4.79 Å². The number of nitrogens with one attached hydrogen (secondary N) is 1. The fourth-order valence-electron chi connectivity index (χ4n) is 3.10. The molecule has 0 saturated carbocycles. The minimum atomic E-state index is -0.253. The molecule has 3 nitrogen and oxygen atoms in total. The number of rotatable bonds is 6. The Morgan fingerprint density at radius 2 is 1.65 bits per heavy atom. The highest BCUT2D eigenvalue weighted by atomic mass is 16.5. The van der Waals surface area contributed by atoms with E-state index < -0.39 is 0 Å². The first-order chi connectivity index (χ1) is 11.3. The van der Waals surface area contributed by atoms with Crippen molar-refractivity contribution >= 4 is 5.91 Å². The van der Waals surface area contributed by atoms with Crippen molar-refractivity contribution in [2.24, 2.45) is 5.92 Å². The maximum atomic E-state index is 12.8. The minimum Gasteiger partial charge on any atom is -0.381 e. The van der Waals surface area contributed by atoms with Crippen LogP contribution in [0.5, 0.6) is 0 Å². The number of carbonyl (C=O) groups is 1. The molecule has 0 aliphatic carbocycles. The third-order valence-electron chi connectivity index (χ3n) is 4.40. The van der Waals surface area contributed by atoms with Crippen LogP contribution in [0, 0.1) is 5.92 Å². The van der Waals surface area contributed by atoms with Gasteiger partial charge in [-0.3, -0.25) is 4.79 Å². The molecule has 1 amide bonds. The molecule has 0 unspecified atom stereocenters. The zero-order valence-corrected chi connectivity index (χ0v) is 13.3. The number of benzene rings is 2. The SMILES string of the molecule is O=C(NCC[C@H]1CCOC1)C(c1ccccc1)c1ccccc1. The van der Waals surface area contributed by atoms with E-state index in [1.165, 1.54) is 0 Å². The van der Waals surface area contributed by atoms with Gasteiger partial charge in [0.2, 0.25) is 5.91 Å². The largest absolute Gasteiger partial charge is 0.381 e. The molecular weight excluding hydrogens is 286 g/mol. The van der Waals surface area contributed by atoms with E-state index in [0.29, 0.717) is 12.5 Å². The van der Waals surface area contributed by atoms with Crippen molar-refractivity contribution < 1.29 is 9.53 Å². The van der Waals surface area contributed by atoms with Crippen molar-refractivity contribution in [2.45, 2.75) is 18.8 Å². The summed E-state index contributed by atoms with van der Waals surface area (Å²) in [6.07, 6.45) is 2.10. The van der Waals surface area contributed by atoms with Gasteiger partial charge in [0.25, 0.3) is 0 Å². The number of hydrogen-bond donors (Lipinski definition) is 1. The summed E-state index contributed by atoms with van der Waals surface area (Å²) in [5.41, 5.74) is 2.06. The lowest BCUT2D eigenvalue weighted by atomic mass is 9.90. The van der Waals surface area contributed by atoms with Crippen LogP contribution in [0.1, 0.15) is 29.9 Å². The van der Waals surface area contributed by atoms with Crippen LogP contribution >= 0.6 is 0 Å². The Balaban J connectivity index is 1.69. The van der Waals surface area contributed by atoms with Crippen molar-refractivity contribution in [3.63, 3.8) is 0 Å². The molecule has 3 heteroatoms. The van der Waals surface area contributed by atoms with Crippen molar-refractivity contribution in [2.75, 3.05) is 19.8 Å². The second-order valence-electron chi connectivity index (χ2n) is 6.06. The van der Waals surface area contributed by atoms with E-state index in [1.807, 2.05) is 60.7 Å². The smallest absolute Gasteiger partial charge is 0.232 e. The van der Waals surface area contributed by atoms with E-state index in [1.54, 1.807) is 0 Å². The van der Waals surface area contributed by atoms with Gasteiger partial charge in [0, 0.05) is 19.8 Å². The second-order valence-corrected chi connectivity index (χ2v) is 6.06. The van der Waals surface area contributed by atoms with Crippen LogP contribution in [0.2, 0.25) is 0 Å². The summed E-state index contributed by atoms with van der Waals surface area (Å²) in [5.74, 6) is 0.403. The molecule has 1 fully saturated rings. The number of ether oxygens (including phenoxy) is 1. The fraction of sp³-hybridized carbons (Fsp3) is 0.350. The Kier molecular flexibility index (Phi) is 5.43. The average molecular weight is 309 g/mol. The molecule has 2 aromatic carbocycles. The maximum Gasteiger partial charge on any atom is 0.232 e. The van der Waals surface area contributed by atoms with Crippen LogP contribution in [0.4, 0.5) is 0 Å². The molecule has 2 aromatic rings. The Morgan fingerprint density at radius 1 is 1.04 bits per heavy atom. The molecule has 0 spiro atoms. The number of amides is 1. The average Bonchev–Trinajstić information content (AvgIpc) is 3.10. The standard InChI is InChI=1S/C20H23NO2/c22-20(21-13-11-16-12-14-23-15-16)19(17-7-3-1-4-8-17)18-9-5-2-6-10-18/h1-10,16,19H,11-15H2,(H,21,22)/t16-/m0/s1. The lowest BCUT2D eigenvalue weighted by Crippen LogP contribution is -2.31. The van der Waals surface area contributed by atoms with Crippen LogP contribution in [0.25, 0.3) is 0 Å². The molecule has 3 rings (SSSR count). The molecule has 1 aliphatic heterocycles. The number of carbonyl (C=O) groups excluding carboxylic acids is 1. The van der Waals surface area contributed by atoms with Crippen molar-refractivity contribution in [1.82, 2.24) is 5.32 Å². The van der Waals surface area contributed by atoms with E-state index in [4.69, 9.17) is 4.74 Å². The summed E-state index contributed by atoms with van der Waals surface area (Å²) in [4.78, 5) is 12.8. The molecule has 1 saturated heterocycles. The minimum absolute atomic E-state index is 0.0707. The van der Waals surface area contributed by atoms with Gasteiger partial charge in [0.1, 0.15) is 0 Å². The molecule has 0 bridgehead atoms. The predicted molar refractivity (Wildman–Crippen MR) is 91.3 cm³/mol. The predicted octanol–water partition coefficient (Wildman–Crippen LogP) is 3.36. The Hall–Kier alpha value is -2.13. The lowest BCUT2D eigenvalue weighted by molar-refractivity contribution is -0.121. The molecule has 1 atom stereocenters. The van der Waals surface area contributed by atoms with Gasteiger partial charge < -0.3 is 10.1 Å². The normalized spacial score (nSPS) is 17.3. The summed E-state index contributed by atoms with van der Waals surface area (Å²) in [6, 6.07) is 19.9. The highest BCUT2D eigenvalue weighted by Crippen LogP contribution is 2.25. The zero-order chi connectivity index (χ0) is 15.9. The van der Waals surface area contributed by atoms with Crippen molar-refractivity contribution in [3.8, 4) is 0 Å². The first kappa shape index (κ1) is 15.8. The topological polar surface area (TPSA) is 38.3 Å².